The number of nitrogens with zero attached hydrogens (tertiary/aromatic N) is 2. The molecule has 0 unspecified atom stereocenters. The summed E-state index contributed by atoms with van der Waals surface area (Å²) in [5, 5.41) is 6.26. The van der Waals surface area contributed by atoms with Crippen molar-refractivity contribution in [2.45, 2.75) is 32.2 Å². The quantitative estimate of drug-likeness (QED) is 0.645. The van der Waals surface area contributed by atoms with Gasteiger partial charge >= 0.3 is 0 Å². The zero-order valence-electron chi connectivity index (χ0n) is 16.7. The first-order valence-electron chi connectivity index (χ1n) is 9.73. The van der Waals surface area contributed by atoms with Gasteiger partial charge in [-0.05, 0) is 60.9 Å². The number of carbonyl (C=O) groups excluding carboxylic acids is 1. The number of hydrogen-bond donors (Lipinski definition) is 0. The number of thiophene rings is 1. The van der Waals surface area contributed by atoms with Crippen LogP contribution in [-0.4, -0.2) is 36.7 Å². The number of aromatic nitrogens is 1. The summed E-state index contributed by atoms with van der Waals surface area (Å²) in [7, 11) is 3.26. The summed E-state index contributed by atoms with van der Waals surface area (Å²) in [5.41, 5.74) is 4.74. The molecule has 0 radical (unpaired) electrons. The minimum Gasteiger partial charge on any atom is -0.493 e. The summed E-state index contributed by atoms with van der Waals surface area (Å²) in [4.78, 5) is 16.6. The van der Waals surface area contributed by atoms with Crippen LogP contribution >= 0.6 is 11.3 Å². The molecule has 3 heterocycles. The van der Waals surface area contributed by atoms with E-state index in [1.807, 2.05) is 24.0 Å². The number of hydrogen-bond acceptors (Lipinski definition) is 6. The van der Waals surface area contributed by atoms with Gasteiger partial charge in [0, 0.05) is 22.5 Å². The van der Waals surface area contributed by atoms with Crippen LogP contribution in [0.15, 0.2) is 28.1 Å². The molecule has 0 saturated carbocycles. The van der Waals surface area contributed by atoms with Gasteiger partial charge in [0.15, 0.2) is 23.0 Å². The van der Waals surface area contributed by atoms with E-state index in [2.05, 4.69) is 16.6 Å². The Hall–Kier alpha value is -2.80. The summed E-state index contributed by atoms with van der Waals surface area (Å²) in [5.74, 6) is 2.08. The molecule has 0 saturated heterocycles. The molecule has 2 aliphatic rings. The van der Waals surface area contributed by atoms with Crippen LogP contribution in [0.2, 0.25) is 0 Å². The first-order chi connectivity index (χ1) is 14.1. The van der Waals surface area contributed by atoms with Crippen LogP contribution in [0, 0.1) is 0 Å². The van der Waals surface area contributed by atoms with Crippen LogP contribution in [0.4, 0.5) is 0 Å². The van der Waals surface area contributed by atoms with E-state index in [9.17, 15) is 4.79 Å². The lowest BCUT2D eigenvalue weighted by Crippen LogP contribution is -2.39. The lowest BCUT2D eigenvalue weighted by Gasteiger charge is -2.35. The zero-order valence-corrected chi connectivity index (χ0v) is 17.5. The lowest BCUT2D eigenvalue weighted by atomic mass is 9.91. The van der Waals surface area contributed by atoms with Gasteiger partial charge in [-0.1, -0.05) is 5.16 Å². The minimum atomic E-state index is -0.0845. The summed E-state index contributed by atoms with van der Waals surface area (Å²) in [6.45, 7) is 2.68. The second-order valence-corrected chi connectivity index (χ2v) is 8.43. The number of fused-ring (bicyclic) bond motifs is 4. The van der Waals surface area contributed by atoms with Crippen LogP contribution in [0.25, 0.3) is 11.3 Å². The Morgan fingerprint density at radius 3 is 2.79 bits per heavy atom. The maximum absolute atomic E-state index is 13.4. The number of carbonyl (C=O) groups is 1. The van der Waals surface area contributed by atoms with Crippen molar-refractivity contribution in [3.63, 3.8) is 0 Å². The number of rotatable bonds is 3. The summed E-state index contributed by atoms with van der Waals surface area (Å²) in [6, 6.07) is 5.96. The average molecular weight is 410 g/mol. The molecule has 1 aliphatic heterocycles. The molecular weight excluding hydrogens is 388 g/mol. The average Bonchev–Trinajstić information content (AvgIpc) is 3.39. The van der Waals surface area contributed by atoms with Crippen molar-refractivity contribution in [2.24, 2.45) is 0 Å². The van der Waals surface area contributed by atoms with E-state index in [-0.39, 0.29) is 11.9 Å². The van der Waals surface area contributed by atoms with Gasteiger partial charge in [-0.3, -0.25) is 4.79 Å². The molecule has 0 N–H and O–H groups in total. The van der Waals surface area contributed by atoms with Crippen molar-refractivity contribution >= 4 is 17.2 Å². The smallest absolute Gasteiger partial charge is 0.276 e. The summed E-state index contributed by atoms with van der Waals surface area (Å²) in [6.07, 6.45) is 2.48. The van der Waals surface area contributed by atoms with Crippen molar-refractivity contribution in [2.75, 3.05) is 20.8 Å². The molecule has 29 heavy (non-hydrogen) atoms. The fourth-order valence-electron chi connectivity index (χ4n) is 4.45. The Bertz CT molecular complexity index is 1100. The highest BCUT2D eigenvalue weighted by molar-refractivity contribution is 7.10. The van der Waals surface area contributed by atoms with Gasteiger partial charge in [-0.25, -0.2) is 0 Å². The molecule has 150 valence electrons. The third-order valence-electron chi connectivity index (χ3n) is 6.03. The van der Waals surface area contributed by atoms with Gasteiger partial charge in [-0.2, -0.15) is 0 Å². The molecule has 0 fully saturated rings. The summed E-state index contributed by atoms with van der Waals surface area (Å²) >= 11 is 1.73. The molecule has 7 heteroatoms. The topological polar surface area (TPSA) is 64.8 Å². The zero-order chi connectivity index (χ0) is 20.1. The Morgan fingerprint density at radius 1 is 1.21 bits per heavy atom. The van der Waals surface area contributed by atoms with Gasteiger partial charge in [0.2, 0.25) is 0 Å². The fraction of sp³-hybridized carbons (Fsp3) is 0.364. The monoisotopic (exact) mass is 410 g/mol. The highest BCUT2D eigenvalue weighted by Gasteiger charge is 2.35. The predicted molar refractivity (Wildman–Crippen MR) is 110 cm³/mol. The van der Waals surface area contributed by atoms with Gasteiger partial charge in [0.05, 0.1) is 20.3 Å². The highest BCUT2D eigenvalue weighted by Crippen LogP contribution is 2.41. The van der Waals surface area contributed by atoms with Crippen molar-refractivity contribution in [3.8, 4) is 22.8 Å². The van der Waals surface area contributed by atoms with E-state index in [4.69, 9.17) is 14.0 Å². The predicted octanol–water partition coefficient (Wildman–Crippen LogP) is 4.28. The second kappa shape index (κ2) is 6.91. The number of benzene rings is 1. The third kappa shape index (κ3) is 2.75. The van der Waals surface area contributed by atoms with Crippen molar-refractivity contribution in [1.29, 1.82) is 0 Å². The molecule has 1 aromatic carbocycles. The van der Waals surface area contributed by atoms with Gasteiger partial charge < -0.3 is 18.9 Å². The Balaban J connectivity index is 1.48. The lowest BCUT2D eigenvalue weighted by molar-refractivity contribution is 0.0665. The fourth-order valence-corrected chi connectivity index (χ4v) is 5.33. The van der Waals surface area contributed by atoms with E-state index in [1.54, 1.807) is 25.6 Å². The van der Waals surface area contributed by atoms with Crippen LogP contribution in [-0.2, 0) is 19.3 Å². The van der Waals surface area contributed by atoms with Crippen LogP contribution in [0.5, 0.6) is 11.5 Å². The standard InChI is InChI=1S/C22H22N2O4S/c1-12-16-11-18(27-3)17(26-2)10-13(16)6-8-24(12)22(25)20-15-4-5-19-14(7-9-29-19)21(15)28-23-20/h7,9-12H,4-6,8H2,1-3H3/t12-/m0/s1. The van der Waals surface area contributed by atoms with E-state index >= 15 is 0 Å². The number of aryl methyl sites for hydroxylation is 1. The normalized spacial score (nSPS) is 17.3. The van der Waals surface area contributed by atoms with Crippen molar-refractivity contribution in [1.82, 2.24) is 10.1 Å². The Labute approximate surface area is 173 Å². The largest absolute Gasteiger partial charge is 0.493 e. The maximum Gasteiger partial charge on any atom is 0.276 e. The molecule has 1 amide bonds. The number of amides is 1. The molecule has 1 aliphatic carbocycles. The molecular formula is C22H22N2O4S. The molecule has 0 spiro atoms. The van der Waals surface area contributed by atoms with E-state index in [0.717, 1.165) is 47.5 Å². The summed E-state index contributed by atoms with van der Waals surface area (Å²) < 4.78 is 16.5. The SMILES string of the molecule is COc1cc2c(cc1OC)[C@H](C)N(C(=O)c1noc3c1CCc1sccc1-3)CC2. The number of methoxy groups -OCH3 is 2. The Morgan fingerprint density at radius 2 is 2.00 bits per heavy atom. The van der Waals surface area contributed by atoms with Gasteiger partial charge in [-0.15, -0.1) is 11.3 Å². The molecule has 2 aromatic heterocycles. The van der Waals surface area contributed by atoms with Crippen LogP contribution in [0.3, 0.4) is 0 Å². The molecule has 1 atom stereocenters. The molecule has 5 rings (SSSR count). The van der Waals surface area contributed by atoms with E-state index in [0.29, 0.717) is 18.0 Å². The van der Waals surface area contributed by atoms with Crippen molar-refractivity contribution < 1.29 is 18.8 Å². The second-order valence-electron chi connectivity index (χ2n) is 7.43. The van der Waals surface area contributed by atoms with Gasteiger partial charge in [0.1, 0.15) is 0 Å². The highest BCUT2D eigenvalue weighted by atomic mass is 32.1. The van der Waals surface area contributed by atoms with E-state index in [1.165, 1.54) is 10.4 Å². The van der Waals surface area contributed by atoms with Crippen molar-refractivity contribution in [3.05, 3.63) is 50.8 Å². The first-order valence-corrected chi connectivity index (χ1v) is 10.6. The molecule has 3 aromatic rings. The minimum absolute atomic E-state index is 0.0679. The van der Waals surface area contributed by atoms with Gasteiger partial charge in [0.25, 0.3) is 5.91 Å². The first kappa shape index (κ1) is 18.2. The molecule has 0 bridgehead atoms. The maximum atomic E-state index is 13.4. The number of ether oxygens (including phenoxy) is 2. The molecule has 6 nitrogen and oxygen atoms in total. The van der Waals surface area contributed by atoms with Crippen LogP contribution < -0.4 is 9.47 Å². The Kier molecular flexibility index (Phi) is 4.35. The van der Waals surface area contributed by atoms with E-state index < -0.39 is 0 Å². The van der Waals surface area contributed by atoms with Crippen LogP contribution in [0.1, 0.15) is 45.0 Å². The third-order valence-corrected chi connectivity index (χ3v) is 7.01.